The SMILES string of the molecule is [CH2]CCCCCC(CCCC)C(F)(F)F. The van der Waals surface area contributed by atoms with Crippen LogP contribution in [0, 0.1) is 12.8 Å². The van der Waals surface area contributed by atoms with Crippen LogP contribution >= 0.6 is 0 Å². The third kappa shape index (κ3) is 7.69. The highest BCUT2D eigenvalue weighted by molar-refractivity contribution is 4.68. The van der Waals surface area contributed by atoms with Crippen LogP contribution in [0.25, 0.3) is 0 Å². The van der Waals surface area contributed by atoms with Gasteiger partial charge in [-0.2, -0.15) is 13.2 Å². The molecular weight excluding hydrogens is 201 g/mol. The molecule has 3 heteroatoms. The molecule has 1 atom stereocenters. The highest BCUT2D eigenvalue weighted by Gasteiger charge is 2.37. The van der Waals surface area contributed by atoms with Crippen molar-refractivity contribution >= 4 is 0 Å². The van der Waals surface area contributed by atoms with E-state index in [1.165, 1.54) is 0 Å². The zero-order valence-corrected chi connectivity index (χ0v) is 9.58. The highest BCUT2D eigenvalue weighted by atomic mass is 19.4. The molecule has 0 heterocycles. The molecule has 1 radical (unpaired) electrons. The molecular formula is C12H22F3. The van der Waals surface area contributed by atoms with Crippen molar-refractivity contribution < 1.29 is 13.2 Å². The standard InChI is InChI=1S/C12H22F3/c1-3-5-7-8-10-11(9-6-4-2)12(13,14)15/h11H,1,3-10H2,2H3. The Morgan fingerprint density at radius 1 is 1.00 bits per heavy atom. The molecule has 0 saturated heterocycles. The van der Waals surface area contributed by atoms with E-state index in [1.807, 2.05) is 6.92 Å². The van der Waals surface area contributed by atoms with Gasteiger partial charge in [-0.05, 0) is 12.8 Å². The Labute approximate surface area is 91.3 Å². The van der Waals surface area contributed by atoms with Crippen LogP contribution in [0.15, 0.2) is 0 Å². The Morgan fingerprint density at radius 2 is 1.60 bits per heavy atom. The third-order valence-electron chi connectivity index (χ3n) is 2.67. The molecule has 0 spiro atoms. The van der Waals surface area contributed by atoms with Crippen LogP contribution in [0.3, 0.4) is 0 Å². The van der Waals surface area contributed by atoms with Gasteiger partial charge in [0.15, 0.2) is 0 Å². The number of hydrogen-bond donors (Lipinski definition) is 0. The summed E-state index contributed by atoms with van der Waals surface area (Å²) in [5, 5.41) is 0. The average Bonchev–Trinajstić information content (AvgIpc) is 2.15. The molecule has 0 aromatic carbocycles. The van der Waals surface area contributed by atoms with Crippen LogP contribution < -0.4 is 0 Å². The number of unbranched alkanes of at least 4 members (excludes halogenated alkanes) is 4. The molecule has 0 rings (SSSR count). The lowest BCUT2D eigenvalue weighted by Gasteiger charge is -2.19. The quantitative estimate of drug-likeness (QED) is 0.500. The molecule has 0 aromatic rings. The van der Waals surface area contributed by atoms with E-state index in [0.717, 1.165) is 25.7 Å². The van der Waals surface area contributed by atoms with E-state index in [9.17, 15) is 13.2 Å². The molecule has 15 heavy (non-hydrogen) atoms. The molecule has 0 aromatic heterocycles. The van der Waals surface area contributed by atoms with Crippen molar-refractivity contribution in [3.63, 3.8) is 0 Å². The Balaban J connectivity index is 3.81. The van der Waals surface area contributed by atoms with E-state index >= 15 is 0 Å². The number of alkyl halides is 3. The minimum absolute atomic E-state index is 0.295. The summed E-state index contributed by atoms with van der Waals surface area (Å²) >= 11 is 0. The summed E-state index contributed by atoms with van der Waals surface area (Å²) in [6.45, 7) is 5.61. The predicted molar refractivity (Wildman–Crippen MR) is 57.5 cm³/mol. The van der Waals surface area contributed by atoms with Gasteiger partial charge in [-0.1, -0.05) is 52.4 Å². The summed E-state index contributed by atoms with van der Waals surface area (Å²) in [6, 6.07) is 0. The lowest BCUT2D eigenvalue weighted by atomic mass is 9.95. The van der Waals surface area contributed by atoms with E-state index in [2.05, 4.69) is 6.92 Å². The molecule has 0 N–H and O–H groups in total. The van der Waals surface area contributed by atoms with Crippen molar-refractivity contribution in [2.75, 3.05) is 0 Å². The minimum Gasteiger partial charge on any atom is -0.171 e. The number of hydrogen-bond acceptors (Lipinski definition) is 0. The van der Waals surface area contributed by atoms with Crippen LogP contribution in [0.2, 0.25) is 0 Å². The first kappa shape index (κ1) is 14.8. The second-order valence-electron chi connectivity index (χ2n) is 4.08. The van der Waals surface area contributed by atoms with Gasteiger partial charge in [-0.3, -0.25) is 0 Å². The van der Waals surface area contributed by atoms with E-state index in [0.29, 0.717) is 25.7 Å². The largest absolute Gasteiger partial charge is 0.391 e. The molecule has 0 aliphatic rings. The van der Waals surface area contributed by atoms with Crippen molar-refractivity contribution in [3.05, 3.63) is 6.92 Å². The first-order valence-corrected chi connectivity index (χ1v) is 5.88. The van der Waals surface area contributed by atoms with Crippen molar-refractivity contribution in [1.29, 1.82) is 0 Å². The summed E-state index contributed by atoms with van der Waals surface area (Å²) in [7, 11) is 0. The zero-order chi connectivity index (χ0) is 11.7. The molecule has 0 fully saturated rings. The van der Waals surface area contributed by atoms with Crippen LogP contribution in [0.1, 0.15) is 58.3 Å². The lowest BCUT2D eigenvalue weighted by Crippen LogP contribution is -2.22. The monoisotopic (exact) mass is 223 g/mol. The molecule has 91 valence electrons. The fourth-order valence-electron chi connectivity index (χ4n) is 1.67. The van der Waals surface area contributed by atoms with E-state index in [1.54, 1.807) is 0 Å². The van der Waals surface area contributed by atoms with Crippen molar-refractivity contribution in [2.45, 2.75) is 64.5 Å². The maximum absolute atomic E-state index is 12.5. The molecule has 0 saturated carbocycles. The lowest BCUT2D eigenvalue weighted by molar-refractivity contribution is -0.178. The molecule has 0 amide bonds. The van der Waals surface area contributed by atoms with Crippen LogP contribution in [-0.2, 0) is 0 Å². The van der Waals surface area contributed by atoms with Crippen molar-refractivity contribution in [1.82, 2.24) is 0 Å². The average molecular weight is 223 g/mol. The highest BCUT2D eigenvalue weighted by Crippen LogP contribution is 2.34. The smallest absolute Gasteiger partial charge is 0.171 e. The maximum atomic E-state index is 12.5. The molecule has 0 nitrogen and oxygen atoms in total. The number of rotatable bonds is 8. The Bertz CT molecular complexity index is 140. The molecule has 1 unspecified atom stereocenters. The second kappa shape index (κ2) is 8.00. The summed E-state index contributed by atoms with van der Waals surface area (Å²) in [5.41, 5.74) is 0. The summed E-state index contributed by atoms with van der Waals surface area (Å²) in [5.74, 6) is -1.08. The van der Waals surface area contributed by atoms with E-state index < -0.39 is 12.1 Å². The Hall–Kier alpha value is -0.210. The van der Waals surface area contributed by atoms with Gasteiger partial charge in [0.1, 0.15) is 0 Å². The van der Waals surface area contributed by atoms with Gasteiger partial charge in [0, 0.05) is 0 Å². The summed E-state index contributed by atoms with van der Waals surface area (Å²) in [4.78, 5) is 0. The van der Waals surface area contributed by atoms with E-state index in [4.69, 9.17) is 0 Å². The molecule has 0 aliphatic carbocycles. The van der Waals surface area contributed by atoms with Crippen LogP contribution in [0.5, 0.6) is 0 Å². The van der Waals surface area contributed by atoms with Crippen LogP contribution in [-0.4, -0.2) is 6.18 Å². The fourth-order valence-corrected chi connectivity index (χ4v) is 1.67. The summed E-state index contributed by atoms with van der Waals surface area (Å²) < 4.78 is 37.6. The van der Waals surface area contributed by atoms with Gasteiger partial charge in [0.2, 0.25) is 0 Å². The second-order valence-corrected chi connectivity index (χ2v) is 4.08. The Morgan fingerprint density at radius 3 is 2.07 bits per heavy atom. The van der Waals surface area contributed by atoms with Gasteiger partial charge in [0.05, 0.1) is 5.92 Å². The zero-order valence-electron chi connectivity index (χ0n) is 9.58. The minimum atomic E-state index is -4.00. The van der Waals surface area contributed by atoms with Gasteiger partial charge < -0.3 is 0 Å². The van der Waals surface area contributed by atoms with Gasteiger partial charge in [0.25, 0.3) is 0 Å². The Kier molecular flexibility index (Phi) is 7.89. The third-order valence-corrected chi connectivity index (χ3v) is 2.67. The van der Waals surface area contributed by atoms with Crippen molar-refractivity contribution in [3.8, 4) is 0 Å². The topological polar surface area (TPSA) is 0 Å². The maximum Gasteiger partial charge on any atom is 0.391 e. The van der Waals surface area contributed by atoms with Crippen LogP contribution in [0.4, 0.5) is 13.2 Å². The first-order valence-electron chi connectivity index (χ1n) is 5.88. The predicted octanol–water partition coefficient (Wildman–Crippen LogP) is 5.14. The molecule has 0 bridgehead atoms. The van der Waals surface area contributed by atoms with Crippen molar-refractivity contribution in [2.24, 2.45) is 5.92 Å². The number of halogens is 3. The van der Waals surface area contributed by atoms with Gasteiger partial charge in [-0.25, -0.2) is 0 Å². The van der Waals surface area contributed by atoms with E-state index in [-0.39, 0.29) is 0 Å². The normalized spacial score (nSPS) is 14.2. The van der Waals surface area contributed by atoms with Gasteiger partial charge >= 0.3 is 6.18 Å². The van der Waals surface area contributed by atoms with Gasteiger partial charge in [-0.15, -0.1) is 0 Å². The first-order chi connectivity index (χ1) is 7.02. The fraction of sp³-hybridized carbons (Fsp3) is 0.917. The molecule has 0 aliphatic heterocycles. The summed E-state index contributed by atoms with van der Waals surface area (Å²) in [6.07, 6.45) is 1.44.